The third-order valence-corrected chi connectivity index (χ3v) is 5.12. The van der Waals surface area contributed by atoms with Gasteiger partial charge in [0.15, 0.2) is 17.3 Å². The van der Waals surface area contributed by atoms with E-state index in [0.717, 1.165) is 0 Å². The van der Waals surface area contributed by atoms with Crippen LogP contribution in [0.2, 0.25) is 0 Å². The molecule has 1 saturated heterocycles. The molecule has 32 heavy (non-hydrogen) atoms. The van der Waals surface area contributed by atoms with Crippen molar-refractivity contribution in [1.82, 2.24) is 19.5 Å². The Hall–Kier alpha value is -2.92. The van der Waals surface area contributed by atoms with Crippen LogP contribution in [0.25, 0.3) is 11.2 Å². The van der Waals surface area contributed by atoms with E-state index >= 15 is 0 Å². The largest absolute Gasteiger partial charge is 0.393 e. The first-order valence-corrected chi connectivity index (χ1v) is 9.83. The van der Waals surface area contributed by atoms with E-state index < -0.39 is 60.8 Å². The Kier molecular flexibility index (Phi) is 4.01. The van der Waals surface area contributed by atoms with Gasteiger partial charge in [0.2, 0.25) is 11.9 Å². The lowest BCUT2D eigenvalue weighted by atomic mass is 9.93. The molecule has 1 aromatic carbocycles. The smallest absolute Gasteiger partial charge is 0.224 e. The minimum absolute atomic E-state index is 0.0372. The molecule has 5 rings (SSSR count). The van der Waals surface area contributed by atoms with Crippen molar-refractivity contribution in [2.75, 3.05) is 23.8 Å². The maximum Gasteiger partial charge on any atom is 0.224 e. The summed E-state index contributed by atoms with van der Waals surface area (Å²) in [7, 11) is 0. The summed E-state index contributed by atoms with van der Waals surface area (Å²) in [6, 6.07) is -1.51. The van der Waals surface area contributed by atoms with Gasteiger partial charge in [-0.15, -0.1) is 0 Å². The Bertz CT molecular complexity index is 1370. The number of aliphatic hydroxyl groups is 1. The van der Waals surface area contributed by atoms with Gasteiger partial charge in [-0.3, -0.25) is 4.57 Å². The number of nitrogens with zero attached hydrogens (tertiary/aromatic N) is 4. The van der Waals surface area contributed by atoms with Crippen LogP contribution in [0.15, 0.2) is 18.3 Å². The molecule has 170 valence electrons. The van der Waals surface area contributed by atoms with Crippen molar-refractivity contribution in [3.05, 3.63) is 35.8 Å². The van der Waals surface area contributed by atoms with E-state index in [-0.39, 0.29) is 35.7 Å². The predicted molar refractivity (Wildman–Crippen MR) is 111 cm³/mol. The van der Waals surface area contributed by atoms with Crippen molar-refractivity contribution >= 4 is 28.7 Å². The van der Waals surface area contributed by atoms with Crippen molar-refractivity contribution in [3.8, 4) is 0 Å². The van der Waals surface area contributed by atoms with Crippen molar-refractivity contribution in [1.29, 1.82) is 0 Å². The zero-order chi connectivity index (χ0) is 27.6. The van der Waals surface area contributed by atoms with Gasteiger partial charge in [0.1, 0.15) is 17.0 Å². The van der Waals surface area contributed by atoms with Gasteiger partial charge in [0.25, 0.3) is 0 Å². The Morgan fingerprint density at radius 3 is 2.75 bits per heavy atom. The molecule has 2 aromatic heterocycles. The third kappa shape index (κ3) is 4.09. The summed E-state index contributed by atoms with van der Waals surface area (Å²) >= 11 is 0. The average Bonchev–Trinajstić information content (AvgIpc) is 3.46. The fourth-order valence-corrected chi connectivity index (χ4v) is 3.60. The van der Waals surface area contributed by atoms with Crippen molar-refractivity contribution in [3.63, 3.8) is 0 Å². The molecule has 0 radical (unpaired) electrons. The minimum atomic E-state index is -2.90. The lowest BCUT2D eigenvalue weighted by Crippen LogP contribution is -2.29. The molecular formula is C21H23F3N6O2. The summed E-state index contributed by atoms with van der Waals surface area (Å²) < 4.78 is 97.8. The number of aromatic nitrogens is 4. The Labute approximate surface area is 190 Å². The first kappa shape index (κ1) is 15.0. The number of ether oxygens (including phenoxy) is 1. The summed E-state index contributed by atoms with van der Waals surface area (Å²) in [5.41, 5.74) is -0.289. The second kappa shape index (κ2) is 8.55. The van der Waals surface area contributed by atoms with E-state index in [0.29, 0.717) is 25.2 Å². The van der Waals surface area contributed by atoms with E-state index in [1.54, 1.807) is 0 Å². The van der Waals surface area contributed by atoms with Gasteiger partial charge in [-0.05, 0) is 32.0 Å². The molecule has 2 aliphatic rings. The zero-order valence-corrected chi connectivity index (χ0v) is 16.6. The van der Waals surface area contributed by atoms with Crippen molar-refractivity contribution in [2.45, 2.75) is 50.1 Å². The first-order valence-electron chi connectivity index (χ1n) is 13.0. The van der Waals surface area contributed by atoms with E-state index in [4.69, 9.17) is 13.0 Å². The molecule has 0 spiro atoms. The molecule has 0 amide bonds. The Morgan fingerprint density at radius 2 is 2.00 bits per heavy atom. The number of hydrogen-bond acceptors (Lipinski definition) is 7. The van der Waals surface area contributed by atoms with E-state index in [1.165, 1.54) is 10.8 Å². The first-order chi connectivity index (χ1) is 17.7. The quantitative estimate of drug-likeness (QED) is 0.541. The van der Waals surface area contributed by atoms with Gasteiger partial charge >= 0.3 is 0 Å². The van der Waals surface area contributed by atoms with E-state index in [1.807, 2.05) is 0 Å². The van der Waals surface area contributed by atoms with Crippen molar-refractivity contribution in [2.24, 2.45) is 0 Å². The third-order valence-electron chi connectivity index (χ3n) is 5.12. The zero-order valence-electron chi connectivity index (χ0n) is 22.6. The SMILES string of the molecule is [2H]C1C([2H])C([2H])(O)C([2H])([2H])CC1([2H])Nc1ncc2nc(Nc3c(F)cc(F)cc3F)n(C3CCOC3)c2n1. The summed E-state index contributed by atoms with van der Waals surface area (Å²) in [6.07, 6.45) is -8.38. The van der Waals surface area contributed by atoms with Gasteiger partial charge in [-0.25, -0.2) is 23.1 Å². The van der Waals surface area contributed by atoms with E-state index in [2.05, 4.69) is 25.6 Å². The van der Waals surface area contributed by atoms with Crippen molar-refractivity contribution < 1.29 is 31.2 Å². The summed E-state index contributed by atoms with van der Waals surface area (Å²) in [5.74, 6) is -3.71. The van der Waals surface area contributed by atoms with Crippen LogP contribution in [0, 0.1) is 17.5 Å². The number of imidazole rings is 1. The van der Waals surface area contributed by atoms with Crippen LogP contribution < -0.4 is 10.6 Å². The van der Waals surface area contributed by atoms with Gasteiger partial charge in [0, 0.05) is 30.2 Å². The van der Waals surface area contributed by atoms with Crippen LogP contribution in [0.3, 0.4) is 0 Å². The normalized spacial score (nSPS) is 37.1. The lowest BCUT2D eigenvalue weighted by Gasteiger charge is -2.26. The standard InChI is InChI=1S/C21H23F3N6O2/c22-11-7-15(23)18(16(24)8-11)28-21-27-17-9-25-20(26-12-1-3-14(31)4-2-12)29-19(17)30(21)13-5-6-32-10-13/h7-9,12-14,31H,1-6,10H2,(H,27,28)(H,25,26,29)/i1D,3D,4D2,12D,14D. The second-order valence-electron chi connectivity index (χ2n) is 7.32. The second-order valence-corrected chi connectivity index (χ2v) is 7.32. The lowest BCUT2D eigenvalue weighted by molar-refractivity contribution is 0.126. The number of hydrogen-bond donors (Lipinski definition) is 3. The van der Waals surface area contributed by atoms with Crippen LogP contribution >= 0.6 is 0 Å². The molecule has 11 heteroatoms. The highest BCUT2D eigenvalue weighted by Gasteiger charge is 2.27. The van der Waals surface area contributed by atoms with Crippen LogP contribution in [-0.2, 0) is 4.74 Å². The highest BCUT2D eigenvalue weighted by molar-refractivity contribution is 5.76. The number of fused-ring (bicyclic) bond motifs is 1. The fraction of sp³-hybridized carbons (Fsp3) is 0.476. The molecule has 1 saturated carbocycles. The Morgan fingerprint density at radius 1 is 1.19 bits per heavy atom. The minimum Gasteiger partial charge on any atom is -0.393 e. The summed E-state index contributed by atoms with van der Waals surface area (Å²) in [6.45, 7) is 0.618. The number of nitrogens with one attached hydrogen (secondary N) is 2. The Balaban J connectivity index is 1.55. The topological polar surface area (TPSA) is 97.1 Å². The monoisotopic (exact) mass is 454 g/mol. The molecule has 2 fully saturated rings. The number of halogens is 3. The molecule has 1 aliphatic heterocycles. The van der Waals surface area contributed by atoms with Crippen LogP contribution in [-0.4, -0.2) is 49.9 Å². The van der Waals surface area contributed by atoms with Crippen LogP contribution in [0.5, 0.6) is 0 Å². The number of rotatable bonds is 5. The van der Waals surface area contributed by atoms with Crippen LogP contribution in [0.4, 0.5) is 30.8 Å². The highest BCUT2D eigenvalue weighted by atomic mass is 19.1. The van der Waals surface area contributed by atoms with Crippen LogP contribution in [0.1, 0.15) is 46.3 Å². The predicted octanol–water partition coefficient (Wildman–Crippen LogP) is 3.66. The van der Waals surface area contributed by atoms with E-state index in [9.17, 15) is 18.3 Å². The molecule has 3 aromatic rings. The molecule has 3 N–H and O–H groups in total. The maximum absolute atomic E-state index is 14.4. The molecule has 8 nitrogen and oxygen atoms in total. The van der Waals surface area contributed by atoms with Gasteiger partial charge < -0.3 is 20.5 Å². The highest BCUT2D eigenvalue weighted by Crippen LogP contribution is 2.32. The summed E-state index contributed by atoms with van der Waals surface area (Å²) in [5, 5.41) is 15.3. The molecule has 0 bridgehead atoms. The fourth-order valence-electron chi connectivity index (χ4n) is 3.60. The summed E-state index contributed by atoms with van der Waals surface area (Å²) in [4.78, 5) is 12.8. The molecule has 5 atom stereocenters. The molecule has 1 aliphatic carbocycles. The molecular weight excluding hydrogens is 425 g/mol. The van der Waals surface area contributed by atoms with Gasteiger partial charge in [-0.1, -0.05) is 0 Å². The maximum atomic E-state index is 14.4. The molecule has 5 unspecified atom stereocenters. The number of anilines is 3. The number of benzene rings is 1. The molecule has 3 heterocycles. The van der Waals surface area contributed by atoms with Gasteiger partial charge in [0.05, 0.1) is 27.7 Å². The van der Waals surface area contributed by atoms with Gasteiger partial charge in [-0.2, -0.15) is 4.98 Å². The average molecular weight is 454 g/mol.